The number of hydrogen-bond donors (Lipinski definition) is 0. The van der Waals surface area contributed by atoms with Crippen molar-refractivity contribution in [2.45, 2.75) is 46.6 Å². The van der Waals surface area contributed by atoms with Crippen LogP contribution in [0.2, 0.25) is 0 Å². The van der Waals surface area contributed by atoms with Crippen molar-refractivity contribution >= 4 is 19.4 Å². The largest absolute Gasteiger partial charge is 0.374 e. The summed E-state index contributed by atoms with van der Waals surface area (Å²) in [5.74, 6) is 0.106. The average molecular weight is 292 g/mol. The SMILES string of the molecule is CC.CCCCN1CCOC(CN(C)C(C)=O)C1.S. The fraction of sp³-hybridized carbons (Fsp3) is 0.929. The van der Waals surface area contributed by atoms with E-state index in [2.05, 4.69) is 11.8 Å². The molecule has 1 aliphatic heterocycles. The topological polar surface area (TPSA) is 32.8 Å². The normalized spacial score (nSPS) is 18.9. The molecule has 0 radical (unpaired) electrons. The molecule has 4 nitrogen and oxygen atoms in total. The van der Waals surface area contributed by atoms with E-state index in [9.17, 15) is 4.79 Å². The number of nitrogens with zero attached hydrogens (tertiary/aromatic N) is 2. The Kier molecular flexibility index (Phi) is 14.1. The van der Waals surface area contributed by atoms with Gasteiger partial charge in [-0.1, -0.05) is 27.2 Å². The van der Waals surface area contributed by atoms with Crippen LogP contribution in [0.4, 0.5) is 0 Å². The van der Waals surface area contributed by atoms with Gasteiger partial charge in [-0.25, -0.2) is 0 Å². The molecule has 1 aliphatic rings. The summed E-state index contributed by atoms with van der Waals surface area (Å²) in [4.78, 5) is 15.3. The van der Waals surface area contributed by atoms with E-state index in [0.29, 0.717) is 6.54 Å². The fourth-order valence-corrected chi connectivity index (χ4v) is 1.91. The van der Waals surface area contributed by atoms with Gasteiger partial charge >= 0.3 is 0 Å². The Morgan fingerprint density at radius 3 is 2.58 bits per heavy atom. The first-order chi connectivity index (χ1) is 8.63. The van der Waals surface area contributed by atoms with Crippen molar-refractivity contribution in [1.82, 2.24) is 9.80 Å². The highest BCUT2D eigenvalue weighted by Crippen LogP contribution is 2.07. The van der Waals surface area contributed by atoms with Gasteiger partial charge in [-0.05, 0) is 13.0 Å². The zero-order valence-corrected chi connectivity index (χ0v) is 14.2. The zero-order chi connectivity index (χ0) is 14.0. The molecule has 0 N–H and O–H groups in total. The van der Waals surface area contributed by atoms with E-state index >= 15 is 0 Å². The first kappa shape index (κ1) is 21.0. The first-order valence-electron chi connectivity index (χ1n) is 7.19. The van der Waals surface area contributed by atoms with Gasteiger partial charge in [-0.2, -0.15) is 13.5 Å². The van der Waals surface area contributed by atoms with Gasteiger partial charge in [-0.15, -0.1) is 0 Å². The van der Waals surface area contributed by atoms with Crippen LogP contribution in [0.3, 0.4) is 0 Å². The number of hydrogen-bond acceptors (Lipinski definition) is 3. The molecule has 0 aromatic carbocycles. The molecule has 116 valence electrons. The smallest absolute Gasteiger partial charge is 0.219 e. The van der Waals surface area contributed by atoms with Crippen LogP contribution in [-0.2, 0) is 9.53 Å². The van der Waals surface area contributed by atoms with Gasteiger partial charge in [0, 0.05) is 33.6 Å². The van der Waals surface area contributed by atoms with Crippen molar-refractivity contribution in [3.63, 3.8) is 0 Å². The molecule has 1 amide bonds. The molecule has 0 aliphatic carbocycles. The lowest BCUT2D eigenvalue weighted by atomic mass is 10.2. The molecule has 0 bridgehead atoms. The summed E-state index contributed by atoms with van der Waals surface area (Å²) < 4.78 is 5.67. The fourth-order valence-electron chi connectivity index (χ4n) is 1.91. The Morgan fingerprint density at radius 2 is 2.05 bits per heavy atom. The number of amides is 1. The van der Waals surface area contributed by atoms with E-state index in [4.69, 9.17) is 4.74 Å². The quantitative estimate of drug-likeness (QED) is 0.778. The highest BCUT2D eigenvalue weighted by atomic mass is 32.1. The Bertz CT molecular complexity index is 227. The molecule has 1 fully saturated rings. The van der Waals surface area contributed by atoms with Crippen LogP contribution in [0.25, 0.3) is 0 Å². The predicted molar refractivity (Wildman–Crippen MR) is 86.1 cm³/mol. The number of rotatable bonds is 5. The molecular weight excluding hydrogens is 260 g/mol. The van der Waals surface area contributed by atoms with Crippen LogP contribution in [-0.4, -0.2) is 61.6 Å². The van der Waals surface area contributed by atoms with Crippen molar-refractivity contribution in [2.75, 3.05) is 39.8 Å². The highest BCUT2D eigenvalue weighted by Gasteiger charge is 2.21. The van der Waals surface area contributed by atoms with Gasteiger partial charge in [0.15, 0.2) is 0 Å². The predicted octanol–water partition coefficient (Wildman–Crippen LogP) is 2.10. The van der Waals surface area contributed by atoms with Crippen LogP contribution >= 0.6 is 13.5 Å². The number of likely N-dealkylation sites (N-methyl/N-ethyl adjacent to an activating group) is 1. The maximum Gasteiger partial charge on any atom is 0.219 e. The van der Waals surface area contributed by atoms with Crippen LogP contribution in [0.1, 0.15) is 40.5 Å². The molecule has 0 saturated carbocycles. The van der Waals surface area contributed by atoms with Crippen molar-refractivity contribution in [3.8, 4) is 0 Å². The van der Waals surface area contributed by atoms with Gasteiger partial charge in [-0.3, -0.25) is 9.69 Å². The van der Waals surface area contributed by atoms with Crippen molar-refractivity contribution in [1.29, 1.82) is 0 Å². The number of morpholine rings is 1. The summed E-state index contributed by atoms with van der Waals surface area (Å²) in [6.07, 6.45) is 2.66. The van der Waals surface area contributed by atoms with Crippen LogP contribution in [0.15, 0.2) is 0 Å². The third-order valence-corrected chi connectivity index (χ3v) is 3.07. The summed E-state index contributed by atoms with van der Waals surface area (Å²) in [6.45, 7) is 12.4. The second-order valence-electron chi connectivity index (χ2n) is 4.55. The van der Waals surface area contributed by atoms with Crippen molar-refractivity contribution in [2.24, 2.45) is 0 Å². The maximum atomic E-state index is 11.1. The van der Waals surface area contributed by atoms with Crippen LogP contribution < -0.4 is 0 Å². The lowest BCUT2D eigenvalue weighted by Gasteiger charge is -2.34. The molecule has 0 spiro atoms. The van der Waals surface area contributed by atoms with E-state index in [0.717, 1.165) is 26.2 Å². The minimum absolute atomic E-state index is 0. The van der Waals surface area contributed by atoms with Crippen LogP contribution in [0.5, 0.6) is 0 Å². The molecule has 19 heavy (non-hydrogen) atoms. The monoisotopic (exact) mass is 292 g/mol. The Balaban J connectivity index is 0. The molecule has 1 saturated heterocycles. The zero-order valence-electron chi connectivity index (χ0n) is 13.2. The van der Waals surface area contributed by atoms with Gasteiger partial charge in [0.2, 0.25) is 5.91 Å². The molecule has 0 aromatic rings. The van der Waals surface area contributed by atoms with E-state index in [1.54, 1.807) is 11.8 Å². The third-order valence-electron chi connectivity index (χ3n) is 3.07. The van der Waals surface area contributed by atoms with E-state index in [1.165, 1.54) is 12.8 Å². The third kappa shape index (κ3) is 9.30. The van der Waals surface area contributed by atoms with E-state index < -0.39 is 0 Å². The van der Waals surface area contributed by atoms with Gasteiger partial charge in [0.1, 0.15) is 0 Å². The highest BCUT2D eigenvalue weighted by molar-refractivity contribution is 7.59. The molecule has 1 heterocycles. The Morgan fingerprint density at radius 1 is 1.42 bits per heavy atom. The van der Waals surface area contributed by atoms with Gasteiger partial charge in [0.25, 0.3) is 0 Å². The summed E-state index contributed by atoms with van der Waals surface area (Å²) in [5, 5.41) is 0. The van der Waals surface area contributed by atoms with E-state index in [-0.39, 0.29) is 25.5 Å². The average Bonchev–Trinajstić information content (AvgIpc) is 2.39. The molecular formula is C14H32N2O2S. The molecule has 1 rings (SSSR count). The molecule has 0 aromatic heterocycles. The Hall–Kier alpha value is -0.260. The van der Waals surface area contributed by atoms with Crippen LogP contribution in [0, 0.1) is 0 Å². The van der Waals surface area contributed by atoms with Gasteiger partial charge in [0.05, 0.1) is 12.7 Å². The minimum atomic E-state index is 0. The number of carbonyl (C=O) groups excluding carboxylic acids is 1. The van der Waals surface area contributed by atoms with Gasteiger partial charge < -0.3 is 9.64 Å². The Labute approximate surface area is 125 Å². The maximum absolute atomic E-state index is 11.1. The lowest BCUT2D eigenvalue weighted by Crippen LogP contribution is -2.47. The summed E-state index contributed by atoms with van der Waals surface area (Å²) in [6, 6.07) is 0. The second-order valence-corrected chi connectivity index (χ2v) is 4.55. The molecule has 5 heteroatoms. The minimum Gasteiger partial charge on any atom is -0.374 e. The lowest BCUT2D eigenvalue weighted by molar-refractivity contribution is -0.130. The summed E-state index contributed by atoms with van der Waals surface area (Å²) >= 11 is 0. The molecule has 1 unspecified atom stereocenters. The first-order valence-corrected chi connectivity index (χ1v) is 7.19. The van der Waals surface area contributed by atoms with Crippen molar-refractivity contribution < 1.29 is 9.53 Å². The molecule has 1 atom stereocenters. The standard InChI is InChI=1S/C12H24N2O2.C2H6.H2S/c1-4-5-6-14-7-8-16-12(10-14)9-13(3)11(2)15;1-2;/h12H,4-10H2,1-3H3;1-2H3;1H2. The van der Waals surface area contributed by atoms with E-state index in [1.807, 2.05) is 20.9 Å². The summed E-state index contributed by atoms with van der Waals surface area (Å²) in [5.41, 5.74) is 0. The number of unbranched alkanes of at least 4 members (excludes halogenated alkanes) is 1. The second kappa shape index (κ2) is 12.8. The number of carbonyl (C=O) groups is 1. The number of ether oxygens (including phenoxy) is 1. The van der Waals surface area contributed by atoms with Crippen molar-refractivity contribution in [3.05, 3.63) is 0 Å². The summed E-state index contributed by atoms with van der Waals surface area (Å²) in [7, 11) is 1.83.